The van der Waals surface area contributed by atoms with Crippen LogP contribution in [0.4, 0.5) is 0 Å². The van der Waals surface area contributed by atoms with E-state index < -0.39 is 12.1 Å². The van der Waals surface area contributed by atoms with Gasteiger partial charge in [0, 0.05) is 30.2 Å². The molecular weight excluding hydrogens is 454 g/mol. The maximum Gasteiger partial charge on any atom is 0.254 e. The number of hydrogen-bond donors (Lipinski definition) is 1. The van der Waals surface area contributed by atoms with Crippen LogP contribution < -0.4 is 10.1 Å². The van der Waals surface area contributed by atoms with Gasteiger partial charge in [-0.05, 0) is 74.1 Å². The molecule has 2 heterocycles. The molecule has 0 radical (unpaired) electrons. The molecule has 4 rings (SSSR count). The first-order chi connectivity index (χ1) is 16.5. The number of ether oxygens (including phenoxy) is 1. The van der Waals surface area contributed by atoms with E-state index in [1.54, 1.807) is 41.2 Å². The number of methoxy groups -OCH3 is 1. The number of amides is 3. The number of carbonyl (C=O) groups excluding carboxylic acids is 3. The minimum Gasteiger partial charge on any atom is -0.497 e. The Hall–Kier alpha value is -3.06. The highest BCUT2D eigenvalue weighted by molar-refractivity contribution is 6.30. The van der Waals surface area contributed by atoms with Gasteiger partial charge in [-0.25, -0.2) is 0 Å². The zero-order chi connectivity index (χ0) is 24.1. The summed E-state index contributed by atoms with van der Waals surface area (Å²) in [4.78, 5) is 43.1. The summed E-state index contributed by atoms with van der Waals surface area (Å²) in [5, 5.41) is 3.52. The molecule has 0 saturated carbocycles. The Bertz CT molecular complexity index is 1040. The highest BCUT2D eigenvalue weighted by Crippen LogP contribution is 2.26. The van der Waals surface area contributed by atoms with Crippen molar-refractivity contribution in [1.82, 2.24) is 15.1 Å². The molecule has 0 unspecified atom stereocenters. The van der Waals surface area contributed by atoms with Crippen molar-refractivity contribution in [3.8, 4) is 5.75 Å². The summed E-state index contributed by atoms with van der Waals surface area (Å²) in [6.45, 7) is 1.41. The van der Waals surface area contributed by atoms with Crippen molar-refractivity contribution in [2.24, 2.45) is 0 Å². The molecule has 7 nitrogen and oxygen atoms in total. The van der Waals surface area contributed by atoms with Crippen molar-refractivity contribution in [1.29, 1.82) is 0 Å². The number of nitrogens with zero attached hydrogens (tertiary/aromatic N) is 2. The Morgan fingerprint density at radius 3 is 2.47 bits per heavy atom. The maximum atomic E-state index is 13.6. The van der Waals surface area contributed by atoms with Gasteiger partial charge in [0.05, 0.1) is 7.11 Å². The smallest absolute Gasteiger partial charge is 0.254 e. The molecule has 3 amide bonds. The Morgan fingerprint density at radius 2 is 1.71 bits per heavy atom. The maximum absolute atomic E-state index is 13.6. The molecule has 2 aliphatic rings. The van der Waals surface area contributed by atoms with Gasteiger partial charge in [-0.3, -0.25) is 14.4 Å². The summed E-state index contributed by atoms with van der Waals surface area (Å²) in [7, 11) is 1.60. The molecule has 0 bridgehead atoms. The van der Waals surface area contributed by atoms with E-state index in [2.05, 4.69) is 5.32 Å². The summed E-state index contributed by atoms with van der Waals surface area (Å²) in [6.07, 6.45) is 3.72. The standard InChI is InChI=1S/C26H30ClN3O4/c1-34-21-7-4-6-18(16-21)17-28-24(31)22-9-5-15-29(22)26(33)23-8-2-3-14-30(23)25(32)19-10-12-20(27)13-11-19/h4,6-7,10-13,16,22-23H,2-3,5,8-9,14-15,17H2,1H3,(H,28,31)/t22-,23+/m0/s1. The molecule has 2 aromatic carbocycles. The summed E-state index contributed by atoms with van der Waals surface area (Å²) >= 11 is 5.96. The van der Waals surface area contributed by atoms with E-state index in [9.17, 15) is 14.4 Å². The summed E-state index contributed by atoms with van der Waals surface area (Å²) in [6, 6.07) is 13.2. The van der Waals surface area contributed by atoms with Crippen LogP contribution in [0.25, 0.3) is 0 Å². The Labute approximate surface area is 205 Å². The van der Waals surface area contributed by atoms with Gasteiger partial charge in [-0.2, -0.15) is 0 Å². The highest BCUT2D eigenvalue weighted by Gasteiger charge is 2.41. The lowest BCUT2D eigenvalue weighted by Gasteiger charge is -2.38. The quantitative estimate of drug-likeness (QED) is 0.680. The second-order valence-corrected chi connectivity index (χ2v) is 9.21. The monoisotopic (exact) mass is 483 g/mol. The van der Waals surface area contributed by atoms with Crippen LogP contribution in [0.1, 0.15) is 48.0 Å². The zero-order valence-corrected chi connectivity index (χ0v) is 20.1. The summed E-state index contributed by atoms with van der Waals surface area (Å²) in [5.74, 6) is 0.251. The van der Waals surface area contributed by atoms with Gasteiger partial charge >= 0.3 is 0 Å². The second kappa shape index (κ2) is 10.9. The average Bonchev–Trinajstić information content (AvgIpc) is 3.37. The Kier molecular flexibility index (Phi) is 7.73. The molecule has 1 N–H and O–H groups in total. The van der Waals surface area contributed by atoms with E-state index in [0.29, 0.717) is 43.1 Å². The van der Waals surface area contributed by atoms with E-state index in [4.69, 9.17) is 16.3 Å². The van der Waals surface area contributed by atoms with Crippen LogP contribution in [0.2, 0.25) is 5.02 Å². The lowest BCUT2D eigenvalue weighted by molar-refractivity contribution is -0.142. The van der Waals surface area contributed by atoms with Crippen molar-refractivity contribution in [2.75, 3.05) is 20.2 Å². The number of piperidine rings is 1. The van der Waals surface area contributed by atoms with E-state index in [0.717, 1.165) is 30.6 Å². The lowest BCUT2D eigenvalue weighted by atomic mass is 9.99. The number of carbonyl (C=O) groups is 3. The number of rotatable bonds is 6. The first-order valence-corrected chi connectivity index (χ1v) is 12.1. The average molecular weight is 484 g/mol. The minimum atomic E-state index is -0.552. The number of hydrogen-bond acceptors (Lipinski definition) is 4. The van der Waals surface area contributed by atoms with E-state index >= 15 is 0 Å². The molecule has 0 aromatic heterocycles. The molecule has 180 valence electrons. The van der Waals surface area contributed by atoms with E-state index in [1.165, 1.54) is 0 Å². The fraction of sp³-hybridized carbons (Fsp3) is 0.423. The number of nitrogens with one attached hydrogen (secondary N) is 1. The predicted molar refractivity (Wildman–Crippen MR) is 130 cm³/mol. The third-order valence-electron chi connectivity index (χ3n) is 6.58. The molecule has 8 heteroatoms. The molecule has 2 aliphatic heterocycles. The molecular formula is C26H30ClN3O4. The first-order valence-electron chi connectivity index (χ1n) is 11.8. The van der Waals surface area contributed by atoms with Gasteiger partial charge < -0.3 is 19.9 Å². The Balaban J connectivity index is 1.43. The summed E-state index contributed by atoms with van der Waals surface area (Å²) < 4.78 is 5.24. The Morgan fingerprint density at radius 1 is 0.971 bits per heavy atom. The third-order valence-corrected chi connectivity index (χ3v) is 6.83. The lowest BCUT2D eigenvalue weighted by Crippen LogP contribution is -2.56. The summed E-state index contributed by atoms with van der Waals surface area (Å²) in [5.41, 5.74) is 1.44. The van der Waals surface area contributed by atoms with Crippen LogP contribution in [0, 0.1) is 0 Å². The van der Waals surface area contributed by atoms with Crippen LogP contribution >= 0.6 is 11.6 Å². The van der Waals surface area contributed by atoms with Crippen LogP contribution in [-0.4, -0.2) is 59.8 Å². The van der Waals surface area contributed by atoms with Crippen molar-refractivity contribution < 1.29 is 19.1 Å². The SMILES string of the molecule is COc1cccc(CNC(=O)[C@@H]2CCCN2C(=O)[C@H]2CCCCN2C(=O)c2ccc(Cl)cc2)c1. The van der Waals surface area contributed by atoms with Crippen LogP contribution in [-0.2, 0) is 16.1 Å². The molecule has 34 heavy (non-hydrogen) atoms. The zero-order valence-electron chi connectivity index (χ0n) is 19.3. The van der Waals surface area contributed by atoms with Crippen LogP contribution in [0.3, 0.4) is 0 Å². The van der Waals surface area contributed by atoms with Crippen molar-refractivity contribution >= 4 is 29.3 Å². The minimum absolute atomic E-state index is 0.138. The van der Waals surface area contributed by atoms with Crippen LogP contribution in [0.5, 0.6) is 5.75 Å². The fourth-order valence-electron chi connectivity index (χ4n) is 4.77. The molecule has 0 aliphatic carbocycles. The molecule has 0 spiro atoms. The topological polar surface area (TPSA) is 79.0 Å². The fourth-order valence-corrected chi connectivity index (χ4v) is 4.90. The number of benzene rings is 2. The van der Waals surface area contributed by atoms with Gasteiger partial charge in [-0.15, -0.1) is 0 Å². The number of halogens is 1. The highest BCUT2D eigenvalue weighted by atomic mass is 35.5. The number of likely N-dealkylation sites (tertiary alicyclic amines) is 2. The third kappa shape index (κ3) is 5.36. The van der Waals surface area contributed by atoms with Crippen molar-refractivity contribution in [3.05, 3.63) is 64.7 Å². The molecule has 2 fully saturated rings. The predicted octanol–water partition coefficient (Wildman–Crippen LogP) is 3.65. The van der Waals surface area contributed by atoms with Gasteiger partial charge in [0.2, 0.25) is 11.8 Å². The van der Waals surface area contributed by atoms with E-state index in [1.807, 2.05) is 24.3 Å². The van der Waals surface area contributed by atoms with Gasteiger partial charge in [0.1, 0.15) is 17.8 Å². The van der Waals surface area contributed by atoms with E-state index in [-0.39, 0.29) is 17.7 Å². The molecule has 2 aromatic rings. The van der Waals surface area contributed by atoms with Gasteiger partial charge in [0.15, 0.2) is 0 Å². The molecule has 2 atom stereocenters. The largest absolute Gasteiger partial charge is 0.497 e. The first kappa shape index (κ1) is 24.1. The second-order valence-electron chi connectivity index (χ2n) is 8.78. The van der Waals surface area contributed by atoms with Gasteiger partial charge in [-0.1, -0.05) is 23.7 Å². The molecule has 2 saturated heterocycles. The van der Waals surface area contributed by atoms with Crippen molar-refractivity contribution in [2.45, 2.75) is 50.7 Å². The van der Waals surface area contributed by atoms with Gasteiger partial charge in [0.25, 0.3) is 5.91 Å². The van der Waals surface area contributed by atoms with Crippen molar-refractivity contribution in [3.63, 3.8) is 0 Å². The van der Waals surface area contributed by atoms with Crippen LogP contribution in [0.15, 0.2) is 48.5 Å². The normalized spacial score (nSPS) is 20.2.